The van der Waals surface area contributed by atoms with Crippen molar-refractivity contribution in [3.63, 3.8) is 0 Å². The lowest BCUT2D eigenvalue weighted by Crippen LogP contribution is -2.29. The number of aromatic amines is 1. The number of rotatable bonds is 4. The molecule has 0 spiro atoms. The molecule has 0 saturated carbocycles. The first-order chi connectivity index (χ1) is 10.1. The first kappa shape index (κ1) is 15.1. The highest BCUT2D eigenvalue weighted by atomic mass is 32.1. The SMILES string of the molecule is C=CCNC(=S)Nc1c(C(=O)OC)[nH]c2ccc(C)cc12. The Hall–Kier alpha value is -2.34. The minimum atomic E-state index is -0.446. The van der Waals surface area contributed by atoms with Crippen molar-refractivity contribution in [1.82, 2.24) is 10.3 Å². The van der Waals surface area contributed by atoms with E-state index in [-0.39, 0.29) is 0 Å². The second kappa shape index (κ2) is 6.41. The van der Waals surface area contributed by atoms with Crippen LogP contribution in [0.25, 0.3) is 10.9 Å². The van der Waals surface area contributed by atoms with E-state index in [1.165, 1.54) is 7.11 Å². The second-order valence-corrected chi connectivity index (χ2v) is 4.95. The van der Waals surface area contributed by atoms with Crippen LogP contribution in [0, 0.1) is 6.92 Å². The Morgan fingerprint density at radius 2 is 2.29 bits per heavy atom. The van der Waals surface area contributed by atoms with Gasteiger partial charge in [0.25, 0.3) is 0 Å². The van der Waals surface area contributed by atoms with E-state index in [0.29, 0.717) is 23.0 Å². The summed E-state index contributed by atoms with van der Waals surface area (Å²) in [7, 11) is 1.34. The molecule has 3 N–H and O–H groups in total. The Kier molecular flexibility index (Phi) is 4.59. The maximum atomic E-state index is 11.9. The Balaban J connectivity index is 2.46. The van der Waals surface area contributed by atoms with Crippen LogP contribution in [0.3, 0.4) is 0 Å². The molecule has 5 nitrogen and oxygen atoms in total. The fourth-order valence-corrected chi connectivity index (χ4v) is 2.20. The van der Waals surface area contributed by atoms with Crippen LogP contribution >= 0.6 is 12.2 Å². The van der Waals surface area contributed by atoms with Gasteiger partial charge < -0.3 is 20.4 Å². The van der Waals surface area contributed by atoms with Crippen molar-refractivity contribution in [3.8, 4) is 0 Å². The highest BCUT2D eigenvalue weighted by molar-refractivity contribution is 7.80. The number of anilines is 1. The number of ether oxygens (including phenoxy) is 1. The third-order valence-electron chi connectivity index (χ3n) is 2.99. The van der Waals surface area contributed by atoms with Gasteiger partial charge in [-0.2, -0.15) is 0 Å². The molecule has 6 heteroatoms. The van der Waals surface area contributed by atoms with Gasteiger partial charge in [0.15, 0.2) is 5.11 Å². The van der Waals surface area contributed by atoms with Gasteiger partial charge in [-0.15, -0.1) is 6.58 Å². The number of thiocarbonyl (C=S) groups is 1. The van der Waals surface area contributed by atoms with E-state index in [0.717, 1.165) is 16.5 Å². The Bertz CT molecular complexity index is 706. The number of fused-ring (bicyclic) bond motifs is 1. The quantitative estimate of drug-likeness (QED) is 0.460. The zero-order valence-electron chi connectivity index (χ0n) is 11.9. The van der Waals surface area contributed by atoms with Gasteiger partial charge in [-0.1, -0.05) is 17.7 Å². The third-order valence-corrected chi connectivity index (χ3v) is 3.24. The van der Waals surface area contributed by atoms with Crippen molar-refractivity contribution in [1.29, 1.82) is 0 Å². The van der Waals surface area contributed by atoms with E-state index in [1.54, 1.807) is 6.08 Å². The second-order valence-electron chi connectivity index (χ2n) is 4.54. The van der Waals surface area contributed by atoms with Crippen molar-refractivity contribution in [3.05, 3.63) is 42.1 Å². The molecule has 0 aliphatic carbocycles. The van der Waals surface area contributed by atoms with Crippen LogP contribution in [0.1, 0.15) is 16.1 Å². The molecule has 0 aliphatic heterocycles. The lowest BCUT2D eigenvalue weighted by molar-refractivity contribution is 0.0596. The van der Waals surface area contributed by atoms with Crippen LogP contribution in [0.2, 0.25) is 0 Å². The Morgan fingerprint density at radius 1 is 1.52 bits per heavy atom. The maximum Gasteiger partial charge on any atom is 0.356 e. The molecule has 1 aromatic heterocycles. The third kappa shape index (κ3) is 3.22. The van der Waals surface area contributed by atoms with Gasteiger partial charge in [-0.05, 0) is 31.3 Å². The number of benzene rings is 1. The highest BCUT2D eigenvalue weighted by Gasteiger charge is 2.19. The van der Waals surface area contributed by atoms with Gasteiger partial charge in [0.1, 0.15) is 5.69 Å². The molecular weight excluding hydrogens is 286 g/mol. The maximum absolute atomic E-state index is 11.9. The molecule has 0 unspecified atom stereocenters. The zero-order valence-corrected chi connectivity index (χ0v) is 12.8. The number of esters is 1. The summed E-state index contributed by atoms with van der Waals surface area (Å²) in [6.45, 7) is 6.15. The van der Waals surface area contributed by atoms with E-state index in [1.807, 2.05) is 25.1 Å². The standard InChI is InChI=1S/C15H17N3O2S/c1-4-7-16-15(21)18-12-10-8-9(2)5-6-11(10)17-13(12)14(19)20-3/h4-6,8,17H,1,7H2,2-3H3,(H2,16,18,21). The topological polar surface area (TPSA) is 66.2 Å². The van der Waals surface area contributed by atoms with Crippen LogP contribution in [0.15, 0.2) is 30.9 Å². The van der Waals surface area contributed by atoms with E-state index < -0.39 is 5.97 Å². The molecule has 1 heterocycles. The van der Waals surface area contributed by atoms with E-state index >= 15 is 0 Å². The van der Waals surface area contributed by atoms with Gasteiger partial charge in [0.2, 0.25) is 0 Å². The van der Waals surface area contributed by atoms with Gasteiger partial charge in [-0.25, -0.2) is 4.79 Å². The van der Waals surface area contributed by atoms with Gasteiger partial charge in [0, 0.05) is 17.4 Å². The smallest absolute Gasteiger partial charge is 0.356 e. The molecule has 0 bridgehead atoms. The average molecular weight is 303 g/mol. The molecule has 0 aliphatic rings. The summed E-state index contributed by atoms with van der Waals surface area (Å²) in [5, 5.41) is 7.33. The predicted molar refractivity (Wildman–Crippen MR) is 88.8 cm³/mol. The van der Waals surface area contributed by atoms with E-state index in [4.69, 9.17) is 17.0 Å². The van der Waals surface area contributed by atoms with E-state index in [2.05, 4.69) is 22.2 Å². The Morgan fingerprint density at radius 3 is 2.95 bits per heavy atom. The van der Waals surface area contributed by atoms with Gasteiger partial charge >= 0.3 is 5.97 Å². The molecule has 0 radical (unpaired) electrons. The number of carbonyl (C=O) groups is 1. The summed E-state index contributed by atoms with van der Waals surface area (Å²) in [6, 6.07) is 5.87. The van der Waals surface area contributed by atoms with Crippen molar-refractivity contribution in [2.75, 3.05) is 19.0 Å². The first-order valence-electron chi connectivity index (χ1n) is 6.43. The fourth-order valence-electron chi connectivity index (χ4n) is 2.01. The average Bonchev–Trinajstić information content (AvgIpc) is 2.82. The lowest BCUT2D eigenvalue weighted by Gasteiger charge is -2.10. The van der Waals surface area contributed by atoms with Crippen LogP contribution in [-0.2, 0) is 4.74 Å². The minimum Gasteiger partial charge on any atom is -0.464 e. The van der Waals surface area contributed by atoms with Crippen LogP contribution < -0.4 is 10.6 Å². The van der Waals surface area contributed by atoms with Gasteiger partial charge in [0.05, 0.1) is 12.8 Å². The van der Waals surface area contributed by atoms with E-state index in [9.17, 15) is 4.79 Å². The highest BCUT2D eigenvalue weighted by Crippen LogP contribution is 2.29. The monoisotopic (exact) mass is 303 g/mol. The Labute approximate surface area is 128 Å². The summed E-state index contributed by atoms with van der Waals surface area (Å²) in [5.41, 5.74) is 2.89. The lowest BCUT2D eigenvalue weighted by atomic mass is 10.1. The molecule has 2 rings (SSSR count). The van der Waals surface area contributed by atoms with Crippen molar-refractivity contribution >= 4 is 39.9 Å². The van der Waals surface area contributed by atoms with Crippen molar-refractivity contribution in [2.45, 2.75) is 6.92 Å². The van der Waals surface area contributed by atoms with Crippen molar-refractivity contribution in [2.24, 2.45) is 0 Å². The number of aromatic nitrogens is 1. The largest absolute Gasteiger partial charge is 0.464 e. The fraction of sp³-hybridized carbons (Fsp3) is 0.200. The number of methoxy groups -OCH3 is 1. The summed E-state index contributed by atoms with van der Waals surface area (Å²) < 4.78 is 4.81. The van der Waals surface area contributed by atoms with Gasteiger partial charge in [-0.3, -0.25) is 0 Å². The summed E-state index contributed by atoms with van der Waals surface area (Å²) in [5.74, 6) is -0.446. The van der Waals surface area contributed by atoms with Crippen LogP contribution in [0.4, 0.5) is 5.69 Å². The number of H-pyrrole nitrogens is 1. The predicted octanol–water partition coefficient (Wildman–Crippen LogP) is 2.74. The van der Waals surface area contributed by atoms with Crippen LogP contribution in [0.5, 0.6) is 0 Å². The number of carbonyl (C=O) groups excluding carboxylic acids is 1. The molecular formula is C15H17N3O2S. The summed E-state index contributed by atoms with van der Waals surface area (Å²) >= 11 is 5.21. The molecule has 0 amide bonds. The minimum absolute atomic E-state index is 0.348. The molecule has 1 aromatic carbocycles. The molecule has 0 saturated heterocycles. The number of hydrogen-bond acceptors (Lipinski definition) is 3. The molecule has 0 atom stereocenters. The zero-order chi connectivity index (χ0) is 15.4. The molecule has 2 aromatic rings. The van der Waals surface area contributed by atoms with Crippen molar-refractivity contribution < 1.29 is 9.53 Å². The number of nitrogens with one attached hydrogen (secondary N) is 3. The summed E-state index contributed by atoms with van der Waals surface area (Å²) in [6.07, 6.45) is 1.70. The molecule has 110 valence electrons. The summed E-state index contributed by atoms with van der Waals surface area (Å²) in [4.78, 5) is 15.0. The molecule has 0 fully saturated rings. The van der Waals surface area contributed by atoms with Crippen LogP contribution in [-0.4, -0.2) is 29.7 Å². The number of aryl methyl sites for hydroxylation is 1. The first-order valence-corrected chi connectivity index (χ1v) is 6.84. The number of hydrogen-bond donors (Lipinski definition) is 3. The molecule has 21 heavy (non-hydrogen) atoms. The normalized spacial score (nSPS) is 10.2.